The van der Waals surface area contributed by atoms with Gasteiger partial charge in [0.1, 0.15) is 6.10 Å². The lowest BCUT2D eigenvalue weighted by molar-refractivity contribution is 0.000901. The number of fused-ring (bicyclic) bond motifs is 2. The Balaban J connectivity index is 2.04. The minimum Gasteiger partial charge on any atom is -0.390 e. The molecule has 4 atom stereocenters. The molecule has 3 rings (SSSR count). The highest BCUT2D eigenvalue weighted by Gasteiger charge is 2.46. The van der Waals surface area contributed by atoms with Crippen LogP contribution in [-0.4, -0.2) is 30.5 Å². The third-order valence-corrected chi connectivity index (χ3v) is 5.29. The van der Waals surface area contributed by atoms with Gasteiger partial charge in [-0.05, 0) is 58.7 Å². The first-order valence-electron chi connectivity index (χ1n) is 7.75. The molecular weight excluding hydrogens is 393 g/mol. The van der Waals surface area contributed by atoms with Crippen molar-refractivity contribution in [2.45, 2.75) is 50.4 Å². The van der Waals surface area contributed by atoms with E-state index < -0.39 is 6.10 Å². The normalized spacial score (nSPS) is 32.9. The Labute approximate surface area is 145 Å². The Bertz CT molecular complexity index is 558. The molecule has 0 saturated carbocycles. The molecule has 1 aromatic carbocycles. The number of hydrogen-bond donors (Lipinski definition) is 2. The lowest BCUT2D eigenvalue weighted by Crippen LogP contribution is -2.34. The molecule has 120 valence electrons. The zero-order valence-electron chi connectivity index (χ0n) is 12.9. The van der Waals surface area contributed by atoms with Gasteiger partial charge in [-0.15, -0.1) is 0 Å². The van der Waals surface area contributed by atoms with Crippen LogP contribution < -0.4 is 5.48 Å². The summed E-state index contributed by atoms with van der Waals surface area (Å²) in [4.78, 5) is 5.15. The predicted molar refractivity (Wildman–Crippen MR) is 93.3 cm³/mol. The zero-order valence-corrected chi connectivity index (χ0v) is 15.0. The second kappa shape index (κ2) is 6.86. The van der Waals surface area contributed by atoms with E-state index in [2.05, 4.69) is 59.3 Å². The fraction of sp³-hybridized carbons (Fsp3) is 0.529. The van der Waals surface area contributed by atoms with Crippen LogP contribution in [0.3, 0.4) is 0 Å². The quantitative estimate of drug-likeness (QED) is 0.586. The molecule has 5 heteroatoms. The molecule has 0 radical (unpaired) electrons. The lowest BCUT2D eigenvalue weighted by Gasteiger charge is -2.34. The van der Waals surface area contributed by atoms with E-state index in [1.54, 1.807) is 7.11 Å². The minimum absolute atomic E-state index is 0.147. The Morgan fingerprint density at radius 1 is 1.36 bits per heavy atom. The first-order valence-corrected chi connectivity index (χ1v) is 8.82. The maximum atomic E-state index is 10.4. The molecule has 0 aromatic heterocycles. The van der Waals surface area contributed by atoms with Gasteiger partial charge in [-0.25, -0.2) is 0 Å². The molecule has 2 N–H and O–H groups in total. The molecule has 0 aliphatic carbocycles. The van der Waals surface area contributed by atoms with Gasteiger partial charge in [0.25, 0.3) is 0 Å². The third kappa shape index (κ3) is 3.04. The maximum Gasteiger partial charge on any atom is 0.107 e. The van der Waals surface area contributed by atoms with Crippen molar-refractivity contribution >= 4 is 22.6 Å². The number of aliphatic hydroxyl groups excluding tert-OH is 1. The maximum absolute atomic E-state index is 10.4. The van der Waals surface area contributed by atoms with E-state index >= 15 is 0 Å². The van der Waals surface area contributed by atoms with Crippen molar-refractivity contribution in [3.8, 4) is 0 Å². The van der Waals surface area contributed by atoms with Crippen LogP contribution in [0.4, 0.5) is 0 Å². The highest BCUT2D eigenvalue weighted by atomic mass is 127. The number of ether oxygens (including phenoxy) is 1. The molecule has 0 amide bonds. The topological polar surface area (TPSA) is 50.7 Å². The van der Waals surface area contributed by atoms with Crippen LogP contribution in [0.2, 0.25) is 0 Å². The molecule has 2 fully saturated rings. The summed E-state index contributed by atoms with van der Waals surface area (Å²) < 4.78 is 7.25. The van der Waals surface area contributed by atoms with E-state index in [4.69, 9.17) is 9.57 Å². The SMILES string of the molecule is CCC(NOC)=C1[C@@H](c2ccc(I)cc2)CC2CC(O)[C@H]1O2. The van der Waals surface area contributed by atoms with Crippen LogP contribution in [0.15, 0.2) is 35.5 Å². The van der Waals surface area contributed by atoms with E-state index in [0.29, 0.717) is 0 Å². The average molecular weight is 415 g/mol. The molecule has 4 nitrogen and oxygen atoms in total. The van der Waals surface area contributed by atoms with Crippen LogP contribution in [0.1, 0.15) is 37.7 Å². The summed E-state index contributed by atoms with van der Waals surface area (Å²) in [5, 5.41) is 10.4. The van der Waals surface area contributed by atoms with E-state index in [0.717, 1.165) is 30.5 Å². The number of benzene rings is 1. The van der Waals surface area contributed by atoms with Gasteiger partial charge in [0.15, 0.2) is 0 Å². The second-order valence-corrected chi connectivity index (χ2v) is 7.16. The zero-order chi connectivity index (χ0) is 15.7. The summed E-state index contributed by atoms with van der Waals surface area (Å²) >= 11 is 2.32. The number of halogens is 1. The van der Waals surface area contributed by atoms with Crippen molar-refractivity contribution in [3.05, 3.63) is 44.7 Å². The molecule has 2 bridgehead atoms. The van der Waals surface area contributed by atoms with Gasteiger partial charge in [-0.2, -0.15) is 0 Å². The lowest BCUT2D eigenvalue weighted by atomic mass is 9.82. The molecule has 1 aromatic rings. The number of rotatable bonds is 4. The average Bonchev–Trinajstić information content (AvgIpc) is 2.81. The Hall–Kier alpha value is -0.630. The summed E-state index contributed by atoms with van der Waals surface area (Å²) in [7, 11) is 1.62. The van der Waals surface area contributed by atoms with E-state index in [1.807, 2.05) is 0 Å². The fourth-order valence-corrected chi connectivity index (χ4v) is 3.98. The smallest absolute Gasteiger partial charge is 0.107 e. The molecular formula is C17H22INO3. The summed E-state index contributed by atoms with van der Waals surface area (Å²) in [6.07, 6.45) is 1.96. The first-order chi connectivity index (χ1) is 10.6. The number of aliphatic hydroxyl groups is 1. The van der Waals surface area contributed by atoms with Crippen LogP contribution in [0.25, 0.3) is 0 Å². The Morgan fingerprint density at radius 2 is 2.09 bits per heavy atom. The van der Waals surface area contributed by atoms with Crippen molar-refractivity contribution in [1.82, 2.24) is 5.48 Å². The summed E-state index contributed by atoms with van der Waals surface area (Å²) in [5.41, 5.74) is 6.46. The fourth-order valence-electron chi connectivity index (χ4n) is 3.62. The molecule has 2 aliphatic heterocycles. The number of hydroxylamine groups is 1. The van der Waals surface area contributed by atoms with Crippen LogP contribution >= 0.6 is 22.6 Å². The Morgan fingerprint density at radius 3 is 2.73 bits per heavy atom. The summed E-state index contributed by atoms with van der Waals surface area (Å²) in [5.74, 6) is 0.274. The molecule has 2 heterocycles. The van der Waals surface area contributed by atoms with Gasteiger partial charge in [0.05, 0.1) is 19.3 Å². The van der Waals surface area contributed by atoms with Crippen LogP contribution in [0, 0.1) is 3.57 Å². The van der Waals surface area contributed by atoms with Crippen molar-refractivity contribution in [2.24, 2.45) is 0 Å². The van der Waals surface area contributed by atoms with Crippen molar-refractivity contribution < 1.29 is 14.7 Å². The monoisotopic (exact) mass is 415 g/mol. The minimum atomic E-state index is -0.422. The Kier molecular flexibility index (Phi) is 5.07. The van der Waals surface area contributed by atoms with Gasteiger partial charge in [-0.3, -0.25) is 10.3 Å². The standard InChI is InChI=1S/C17H22INO3/c1-3-14(19-21-2)16-13(10-4-6-11(18)7-5-10)8-12-9-15(20)17(16)22-12/h4-7,12-13,15,17,19-20H,3,8-9H2,1-2H3/t12?,13-,15?,17-/m1/s1. The number of nitrogens with one attached hydrogen (secondary N) is 1. The molecule has 22 heavy (non-hydrogen) atoms. The molecule has 0 spiro atoms. The van der Waals surface area contributed by atoms with Gasteiger partial charge >= 0.3 is 0 Å². The second-order valence-electron chi connectivity index (χ2n) is 5.92. The van der Waals surface area contributed by atoms with Gasteiger partial charge in [0.2, 0.25) is 0 Å². The predicted octanol–water partition coefficient (Wildman–Crippen LogP) is 3.11. The van der Waals surface area contributed by atoms with E-state index in [-0.39, 0.29) is 18.1 Å². The van der Waals surface area contributed by atoms with Crippen molar-refractivity contribution in [1.29, 1.82) is 0 Å². The summed E-state index contributed by atoms with van der Waals surface area (Å²) in [6.45, 7) is 2.09. The number of allylic oxidation sites excluding steroid dienone is 1. The van der Waals surface area contributed by atoms with Gasteiger partial charge < -0.3 is 9.84 Å². The van der Waals surface area contributed by atoms with Crippen LogP contribution in [0.5, 0.6) is 0 Å². The van der Waals surface area contributed by atoms with E-state index in [1.165, 1.54) is 9.13 Å². The number of hydrogen-bond acceptors (Lipinski definition) is 4. The first kappa shape index (κ1) is 16.2. The van der Waals surface area contributed by atoms with Crippen LogP contribution in [-0.2, 0) is 9.57 Å². The van der Waals surface area contributed by atoms with Crippen molar-refractivity contribution in [3.63, 3.8) is 0 Å². The molecule has 2 unspecified atom stereocenters. The third-order valence-electron chi connectivity index (χ3n) is 4.57. The molecule has 2 saturated heterocycles. The molecule has 2 aliphatic rings. The summed E-state index contributed by atoms with van der Waals surface area (Å²) in [6, 6.07) is 8.64. The highest BCUT2D eigenvalue weighted by molar-refractivity contribution is 14.1. The van der Waals surface area contributed by atoms with Gasteiger partial charge in [0, 0.05) is 21.6 Å². The van der Waals surface area contributed by atoms with Crippen molar-refractivity contribution in [2.75, 3.05) is 7.11 Å². The van der Waals surface area contributed by atoms with E-state index in [9.17, 15) is 5.11 Å². The highest BCUT2D eigenvalue weighted by Crippen LogP contribution is 2.46. The van der Waals surface area contributed by atoms with Gasteiger partial charge in [-0.1, -0.05) is 19.1 Å². The largest absolute Gasteiger partial charge is 0.390 e.